The first-order valence-electron chi connectivity index (χ1n) is 4.42. The molecule has 0 bridgehead atoms. The first-order chi connectivity index (χ1) is 8.16. The number of hydrogen-bond donors (Lipinski definition) is 2. The maximum atomic E-state index is 11.4. The average molecular weight is 257 g/mol. The standard InChI is InChI=1S/C7H7N5O4S/c13-5(14)2-17-7-10-9-6(15)12(7)1-4-8-3-16-11-4/h3H,1-2H2,(H,9,15)(H,13,14). The Hall–Kier alpha value is -2.10. The van der Waals surface area contributed by atoms with Gasteiger partial charge in [0.25, 0.3) is 0 Å². The molecule has 0 aromatic carbocycles. The quantitative estimate of drug-likeness (QED) is 0.665. The van der Waals surface area contributed by atoms with Gasteiger partial charge in [0.2, 0.25) is 6.39 Å². The van der Waals surface area contributed by atoms with E-state index in [2.05, 4.69) is 24.9 Å². The first kappa shape index (κ1) is 11.4. The second kappa shape index (κ2) is 4.82. The van der Waals surface area contributed by atoms with E-state index in [1.54, 1.807) is 0 Å². The molecule has 2 heterocycles. The second-order valence-corrected chi connectivity index (χ2v) is 3.87. The van der Waals surface area contributed by atoms with Gasteiger partial charge in [-0.05, 0) is 0 Å². The SMILES string of the molecule is O=C(O)CSc1n[nH]c(=O)n1Cc1ncon1. The van der Waals surface area contributed by atoms with Gasteiger partial charge in [-0.1, -0.05) is 16.9 Å². The molecule has 2 aromatic heterocycles. The molecule has 17 heavy (non-hydrogen) atoms. The molecule has 2 aromatic rings. The summed E-state index contributed by atoms with van der Waals surface area (Å²) < 4.78 is 5.77. The zero-order valence-corrected chi connectivity index (χ0v) is 9.18. The Bertz CT molecular complexity index is 559. The van der Waals surface area contributed by atoms with E-state index in [1.807, 2.05) is 0 Å². The summed E-state index contributed by atoms with van der Waals surface area (Å²) in [5.74, 6) is -0.862. The summed E-state index contributed by atoms with van der Waals surface area (Å²) >= 11 is 0.933. The van der Waals surface area contributed by atoms with Crippen LogP contribution < -0.4 is 5.69 Å². The number of carboxylic acids is 1. The first-order valence-corrected chi connectivity index (χ1v) is 5.40. The van der Waals surface area contributed by atoms with Crippen molar-refractivity contribution < 1.29 is 14.4 Å². The van der Waals surface area contributed by atoms with Crippen LogP contribution in [0.15, 0.2) is 20.9 Å². The summed E-state index contributed by atoms with van der Waals surface area (Å²) in [7, 11) is 0. The Labute approximate surface area is 97.8 Å². The normalized spacial score (nSPS) is 10.6. The van der Waals surface area contributed by atoms with Crippen LogP contribution in [0.4, 0.5) is 0 Å². The molecule has 10 heteroatoms. The molecule has 0 radical (unpaired) electrons. The molecule has 9 nitrogen and oxygen atoms in total. The summed E-state index contributed by atoms with van der Waals surface area (Å²) in [6.07, 6.45) is 1.14. The lowest BCUT2D eigenvalue weighted by atomic mass is 10.6. The van der Waals surface area contributed by atoms with Crippen LogP contribution in [-0.2, 0) is 11.3 Å². The molecule has 0 aliphatic rings. The van der Waals surface area contributed by atoms with Crippen molar-refractivity contribution in [1.29, 1.82) is 0 Å². The number of aromatic amines is 1. The fourth-order valence-electron chi connectivity index (χ4n) is 1.08. The van der Waals surface area contributed by atoms with Crippen molar-refractivity contribution in [3.8, 4) is 0 Å². The predicted molar refractivity (Wildman–Crippen MR) is 54.6 cm³/mol. The number of thioether (sulfide) groups is 1. The Morgan fingerprint density at radius 3 is 3.12 bits per heavy atom. The highest BCUT2D eigenvalue weighted by molar-refractivity contribution is 7.99. The van der Waals surface area contributed by atoms with Gasteiger partial charge in [-0.25, -0.2) is 9.89 Å². The van der Waals surface area contributed by atoms with Gasteiger partial charge in [0.15, 0.2) is 11.0 Å². The van der Waals surface area contributed by atoms with Crippen LogP contribution in [0, 0.1) is 0 Å². The molecule has 0 spiro atoms. The van der Waals surface area contributed by atoms with Crippen molar-refractivity contribution in [3.63, 3.8) is 0 Å². The molecular formula is C7H7N5O4S. The topological polar surface area (TPSA) is 127 Å². The fraction of sp³-hybridized carbons (Fsp3) is 0.286. The van der Waals surface area contributed by atoms with Crippen molar-refractivity contribution in [3.05, 3.63) is 22.7 Å². The van der Waals surface area contributed by atoms with Crippen molar-refractivity contribution in [2.45, 2.75) is 11.7 Å². The van der Waals surface area contributed by atoms with E-state index >= 15 is 0 Å². The van der Waals surface area contributed by atoms with Crippen LogP contribution in [0.5, 0.6) is 0 Å². The zero-order valence-electron chi connectivity index (χ0n) is 8.36. The Balaban J connectivity index is 2.17. The number of aromatic nitrogens is 5. The summed E-state index contributed by atoms with van der Waals surface area (Å²) in [5, 5.41) is 18.3. The van der Waals surface area contributed by atoms with Crippen molar-refractivity contribution in [2.75, 3.05) is 5.75 Å². The summed E-state index contributed by atoms with van der Waals surface area (Å²) in [6, 6.07) is 0. The van der Waals surface area contributed by atoms with Gasteiger partial charge in [0, 0.05) is 0 Å². The van der Waals surface area contributed by atoms with Crippen LogP contribution in [0.1, 0.15) is 5.82 Å². The lowest BCUT2D eigenvalue weighted by Crippen LogP contribution is -2.19. The number of aliphatic carboxylic acids is 1. The number of nitrogens with zero attached hydrogens (tertiary/aromatic N) is 4. The van der Waals surface area contributed by atoms with Crippen LogP contribution in [-0.4, -0.2) is 41.7 Å². The molecule has 0 fully saturated rings. The van der Waals surface area contributed by atoms with Gasteiger partial charge in [0.1, 0.15) is 0 Å². The van der Waals surface area contributed by atoms with Crippen molar-refractivity contribution >= 4 is 17.7 Å². The van der Waals surface area contributed by atoms with Gasteiger partial charge < -0.3 is 9.63 Å². The third kappa shape index (κ3) is 2.72. The minimum absolute atomic E-state index is 0.0772. The van der Waals surface area contributed by atoms with Crippen LogP contribution in [0.2, 0.25) is 0 Å². The van der Waals surface area contributed by atoms with Gasteiger partial charge >= 0.3 is 11.7 Å². The number of H-pyrrole nitrogens is 1. The molecule has 0 aliphatic carbocycles. The minimum Gasteiger partial charge on any atom is -0.481 e. The highest BCUT2D eigenvalue weighted by Crippen LogP contribution is 2.13. The highest BCUT2D eigenvalue weighted by Gasteiger charge is 2.12. The average Bonchev–Trinajstić information content (AvgIpc) is 2.89. The number of nitrogens with one attached hydrogen (secondary N) is 1. The van der Waals surface area contributed by atoms with Crippen LogP contribution in [0.25, 0.3) is 0 Å². The number of rotatable bonds is 5. The predicted octanol–water partition coefficient (Wildman–Crippen LogP) is -0.821. The van der Waals surface area contributed by atoms with E-state index in [0.29, 0.717) is 5.82 Å². The monoisotopic (exact) mass is 257 g/mol. The van der Waals surface area contributed by atoms with Gasteiger partial charge in [0.05, 0.1) is 12.3 Å². The lowest BCUT2D eigenvalue weighted by Gasteiger charge is -2.00. The molecule has 0 saturated heterocycles. The maximum Gasteiger partial charge on any atom is 0.344 e. The Morgan fingerprint density at radius 1 is 1.65 bits per heavy atom. The molecule has 0 aliphatic heterocycles. The smallest absolute Gasteiger partial charge is 0.344 e. The molecule has 0 amide bonds. The highest BCUT2D eigenvalue weighted by atomic mass is 32.2. The molecular weight excluding hydrogens is 250 g/mol. The Morgan fingerprint density at radius 2 is 2.47 bits per heavy atom. The van der Waals surface area contributed by atoms with E-state index < -0.39 is 11.7 Å². The third-order valence-electron chi connectivity index (χ3n) is 1.75. The van der Waals surface area contributed by atoms with Gasteiger partial charge in [-0.3, -0.25) is 9.36 Å². The fourth-order valence-corrected chi connectivity index (χ4v) is 1.75. The number of carboxylic acid groups (broad SMARTS) is 1. The van der Waals surface area contributed by atoms with E-state index in [0.717, 1.165) is 18.2 Å². The third-order valence-corrected chi connectivity index (χ3v) is 2.72. The van der Waals surface area contributed by atoms with Crippen molar-refractivity contribution in [2.24, 2.45) is 0 Å². The molecule has 2 N–H and O–H groups in total. The van der Waals surface area contributed by atoms with Gasteiger partial charge in [-0.2, -0.15) is 4.98 Å². The maximum absolute atomic E-state index is 11.4. The Kier molecular flexibility index (Phi) is 3.23. The second-order valence-electron chi connectivity index (χ2n) is 2.93. The largest absolute Gasteiger partial charge is 0.481 e. The zero-order chi connectivity index (χ0) is 12.3. The molecule has 0 saturated carbocycles. The summed E-state index contributed by atoms with van der Waals surface area (Å²) in [5.41, 5.74) is -0.456. The molecule has 0 unspecified atom stereocenters. The molecule has 0 atom stereocenters. The minimum atomic E-state index is -0.989. The van der Waals surface area contributed by atoms with E-state index in [1.165, 1.54) is 4.57 Å². The van der Waals surface area contributed by atoms with E-state index in [4.69, 9.17) is 5.11 Å². The molecule has 2 rings (SSSR count). The van der Waals surface area contributed by atoms with Crippen LogP contribution >= 0.6 is 11.8 Å². The summed E-state index contributed by atoms with van der Waals surface area (Å²) in [4.78, 5) is 25.6. The van der Waals surface area contributed by atoms with E-state index in [-0.39, 0.29) is 17.5 Å². The summed E-state index contributed by atoms with van der Waals surface area (Å²) in [6.45, 7) is 0.0772. The van der Waals surface area contributed by atoms with Gasteiger partial charge in [-0.15, -0.1) is 5.10 Å². The van der Waals surface area contributed by atoms with Crippen molar-refractivity contribution in [1.82, 2.24) is 24.9 Å². The lowest BCUT2D eigenvalue weighted by molar-refractivity contribution is -0.133. The van der Waals surface area contributed by atoms with E-state index in [9.17, 15) is 9.59 Å². The number of hydrogen-bond acceptors (Lipinski definition) is 7. The molecule has 90 valence electrons. The van der Waals surface area contributed by atoms with Crippen LogP contribution in [0.3, 0.4) is 0 Å². The number of carbonyl (C=O) groups is 1.